The molecule has 1 heterocycles. The van der Waals surface area contributed by atoms with Crippen LogP contribution in [0.15, 0.2) is 76.5 Å². The summed E-state index contributed by atoms with van der Waals surface area (Å²) in [5.41, 5.74) is 1.45. The van der Waals surface area contributed by atoms with Crippen molar-refractivity contribution in [2.24, 2.45) is 0 Å². The van der Waals surface area contributed by atoms with Crippen molar-refractivity contribution in [1.29, 1.82) is 0 Å². The fourth-order valence-electron chi connectivity index (χ4n) is 5.46. The van der Waals surface area contributed by atoms with Crippen LogP contribution in [0.25, 0.3) is 0 Å². The van der Waals surface area contributed by atoms with Gasteiger partial charge in [0.15, 0.2) is 6.29 Å². The van der Waals surface area contributed by atoms with Crippen LogP contribution in [0.4, 0.5) is 10.5 Å². The molecule has 1 unspecified atom stereocenters. The summed E-state index contributed by atoms with van der Waals surface area (Å²) < 4.78 is 55.7. The topological polar surface area (TPSA) is 130 Å². The highest BCUT2D eigenvalue weighted by Crippen LogP contribution is 2.29. The Kier molecular flexibility index (Phi) is 14.7. The van der Waals surface area contributed by atoms with Crippen LogP contribution in [-0.4, -0.2) is 83.8 Å². The number of ether oxygens (including phenoxy) is 5. The summed E-state index contributed by atoms with van der Waals surface area (Å²) in [4.78, 5) is 27.9. The number of rotatable bonds is 16. The van der Waals surface area contributed by atoms with Crippen molar-refractivity contribution in [2.45, 2.75) is 81.2 Å². The molecule has 0 aliphatic carbocycles. The van der Waals surface area contributed by atoms with Crippen molar-refractivity contribution >= 4 is 39.2 Å². The van der Waals surface area contributed by atoms with E-state index in [-0.39, 0.29) is 35.1 Å². The first-order valence-corrected chi connectivity index (χ1v) is 19.0. The first-order chi connectivity index (χ1) is 24.3. The van der Waals surface area contributed by atoms with E-state index in [9.17, 15) is 18.0 Å². The molecule has 3 aromatic carbocycles. The van der Waals surface area contributed by atoms with Crippen LogP contribution in [0.1, 0.15) is 74.5 Å². The highest BCUT2D eigenvalue weighted by atomic mass is 35.5. The van der Waals surface area contributed by atoms with Crippen LogP contribution >= 0.6 is 11.6 Å². The summed E-state index contributed by atoms with van der Waals surface area (Å²) in [6, 6.07) is 18.2. The van der Waals surface area contributed by atoms with Crippen molar-refractivity contribution in [1.82, 2.24) is 4.90 Å². The van der Waals surface area contributed by atoms with Gasteiger partial charge in [0.2, 0.25) is 9.84 Å². The van der Waals surface area contributed by atoms with Gasteiger partial charge in [-0.1, -0.05) is 35.9 Å². The Morgan fingerprint density at radius 1 is 1.04 bits per heavy atom. The van der Waals surface area contributed by atoms with E-state index in [1.165, 1.54) is 24.3 Å². The lowest BCUT2D eigenvalue weighted by atomic mass is 10.1. The Balaban J connectivity index is 1.54. The van der Waals surface area contributed by atoms with E-state index in [1.807, 2.05) is 39.0 Å². The number of sulfone groups is 1. The van der Waals surface area contributed by atoms with Crippen molar-refractivity contribution in [3.8, 4) is 0 Å². The summed E-state index contributed by atoms with van der Waals surface area (Å²) in [5.74, 6) is -0.631. The van der Waals surface area contributed by atoms with Gasteiger partial charge in [0.25, 0.3) is 0 Å². The number of anilines is 1. The monoisotopic (exact) mass is 744 g/mol. The Labute approximate surface area is 306 Å². The van der Waals surface area contributed by atoms with E-state index >= 15 is 0 Å². The standard InChI is InChI=1S/C38H49ClN2O9S/c1-6-47-36(42)32-25-31(17-18-33(32)40-20-23-46-5)51(44,45)30-15-13-27(14-16-30)19-21-41(37(43)50-38(2,3)4)26-34(28-10-9-11-29(39)24-28)49-35-12-7-8-22-48-35/h9-11,13-18,24-25,34-35,40H,6-8,12,19-23,26H2,1-5H3/t34-,35?/m1/s1. The first kappa shape index (κ1) is 40.1. The zero-order valence-corrected chi connectivity index (χ0v) is 31.6. The zero-order valence-electron chi connectivity index (χ0n) is 30.0. The predicted octanol–water partition coefficient (Wildman–Crippen LogP) is 7.47. The minimum Gasteiger partial charge on any atom is -0.462 e. The average molecular weight is 745 g/mol. The first-order valence-electron chi connectivity index (χ1n) is 17.2. The lowest BCUT2D eigenvalue weighted by molar-refractivity contribution is -0.192. The fraction of sp³-hybridized carbons (Fsp3) is 0.474. The Bertz CT molecular complexity index is 1700. The summed E-state index contributed by atoms with van der Waals surface area (Å²) in [6.45, 7) is 9.14. The molecule has 1 aliphatic rings. The number of esters is 1. The largest absolute Gasteiger partial charge is 0.462 e. The molecule has 3 aromatic rings. The van der Waals surface area contributed by atoms with E-state index in [0.717, 1.165) is 30.4 Å². The third kappa shape index (κ3) is 11.9. The maximum Gasteiger partial charge on any atom is 0.410 e. The number of halogens is 1. The molecular weight excluding hydrogens is 696 g/mol. The van der Waals surface area contributed by atoms with Gasteiger partial charge in [-0.05, 0) is 107 Å². The zero-order chi connectivity index (χ0) is 37.0. The second-order valence-electron chi connectivity index (χ2n) is 13.1. The minimum absolute atomic E-state index is 0.0410. The molecule has 11 nitrogen and oxygen atoms in total. The smallest absolute Gasteiger partial charge is 0.410 e. The molecule has 4 rings (SSSR count). The predicted molar refractivity (Wildman–Crippen MR) is 195 cm³/mol. The summed E-state index contributed by atoms with van der Waals surface area (Å²) in [7, 11) is -2.42. The third-order valence-electron chi connectivity index (χ3n) is 8.03. The number of nitrogens with one attached hydrogen (secondary N) is 1. The lowest BCUT2D eigenvalue weighted by Gasteiger charge is -2.33. The van der Waals surface area contributed by atoms with Gasteiger partial charge in [-0.3, -0.25) is 0 Å². The van der Waals surface area contributed by atoms with E-state index in [0.29, 0.717) is 36.9 Å². The molecule has 1 fully saturated rings. The molecule has 0 bridgehead atoms. The van der Waals surface area contributed by atoms with Crippen LogP contribution in [0.3, 0.4) is 0 Å². The highest BCUT2D eigenvalue weighted by molar-refractivity contribution is 7.91. The molecule has 13 heteroatoms. The number of amides is 1. The van der Waals surface area contributed by atoms with E-state index < -0.39 is 39.9 Å². The fourth-order valence-corrected chi connectivity index (χ4v) is 6.95. The van der Waals surface area contributed by atoms with E-state index in [4.69, 9.17) is 35.3 Å². The Morgan fingerprint density at radius 2 is 1.78 bits per heavy atom. The summed E-state index contributed by atoms with van der Waals surface area (Å²) in [5, 5.41) is 3.64. The van der Waals surface area contributed by atoms with E-state index in [2.05, 4.69) is 5.32 Å². The van der Waals surface area contributed by atoms with Gasteiger partial charge in [0.1, 0.15) is 11.7 Å². The number of carbonyl (C=O) groups excluding carboxylic acids is 2. The van der Waals surface area contributed by atoms with Crippen molar-refractivity contribution in [3.63, 3.8) is 0 Å². The molecular formula is C38H49ClN2O9S. The van der Waals surface area contributed by atoms with Gasteiger partial charge in [-0.15, -0.1) is 0 Å². The molecule has 0 aromatic heterocycles. The van der Waals surface area contributed by atoms with Crippen LogP contribution in [0.5, 0.6) is 0 Å². The Hall–Kier alpha value is -3.68. The molecule has 278 valence electrons. The van der Waals surface area contributed by atoms with Gasteiger partial charge < -0.3 is 33.9 Å². The molecule has 1 amide bonds. The number of carbonyl (C=O) groups is 2. The molecule has 0 saturated carbocycles. The molecule has 0 radical (unpaired) electrons. The van der Waals surface area contributed by atoms with Gasteiger partial charge in [-0.25, -0.2) is 18.0 Å². The molecule has 2 atom stereocenters. The number of hydrogen-bond donors (Lipinski definition) is 1. The van der Waals surface area contributed by atoms with Crippen molar-refractivity contribution in [2.75, 3.05) is 51.9 Å². The van der Waals surface area contributed by atoms with Crippen LogP contribution < -0.4 is 5.32 Å². The summed E-state index contributed by atoms with van der Waals surface area (Å²) in [6.07, 6.45) is 1.67. The van der Waals surface area contributed by atoms with Gasteiger partial charge in [-0.2, -0.15) is 0 Å². The maximum absolute atomic E-state index is 13.7. The van der Waals surface area contributed by atoms with E-state index in [1.54, 1.807) is 43.2 Å². The van der Waals surface area contributed by atoms with Crippen molar-refractivity contribution < 1.29 is 41.7 Å². The SMILES string of the molecule is CCOC(=O)c1cc(S(=O)(=O)c2ccc(CCN(C[C@@H](OC3CCCCO3)c3cccc(Cl)c3)C(=O)OC(C)(C)C)cc2)ccc1NCCOC. The highest BCUT2D eigenvalue weighted by Gasteiger charge is 2.29. The molecule has 0 spiro atoms. The molecule has 51 heavy (non-hydrogen) atoms. The van der Waals surface area contributed by atoms with Gasteiger partial charge in [0, 0.05) is 37.5 Å². The third-order valence-corrected chi connectivity index (χ3v) is 10.0. The molecule has 1 saturated heterocycles. The maximum atomic E-state index is 13.7. The van der Waals surface area contributed by atoms with Crippen molar-refractivity contribution in [3.05, 3.63) is 88.4 Å². The van der Waals surface area contributed by atoms with Crippen LogP contribution in [-0.2, 0) is 39.9 Å². The number of methoxy groups -OCH3 is 1. The Morgan fingerprint density at radius 3 is 2.43 bits per heavy atom. The number of nitrogens with zero attached hydrogens (tertiary/aromatic N) is 1. The second kappa shape index (κ2) is 18.7. The second-order valence-corrected chi connectivity index (χ2v) is 15.5. The molecule has 1 N–H and O–H groups in total. The lowest BCUT2D eigenvalue weighted by Crippen LogP contribution is -2.41. The van der Waals surface area contributed by atoms with Gasteiger partial charge in [0.05, 0.1) is 35.1 Å². The quantitative estimate of drug-likeness (QED) is 0.116. The van der Waals surface area contributed by atoms with Crippen LogP contribution in [0.2, 0.25) is 5.02 Å². The summed E-state index contributed by atoms with van der Waals surface area (Å²) >= 11 is 6.35. The van der Waals surface area contributed by atoms with Gasteiger partial charge >= 0.3 is 12.1 Å². The average Bonchev–Trinajstić information content (AvgIpc) is 3.09. The normalized spacial score (nSPS) is 15.5. The molecule has 1 aliphatic heterocycles. The number of hydrogen-bond acceptors (Lipinski definition) is 10. The van der Waals surface area contributed by atoms with Crippen LogP contribution in [0, 0.1) is 0 Å². The number of benzene rings is 3. The minimum atomic E-state index is -3.98.